The Hall–Kier alpha value is -2.68. The van der Waals surface area contributed by atoms with E-state index in [4.69, 9.17) is 14.2 Å². The number of hydrogen-bond donors (Lipinski definition) is 0. The van der Waals surface area contributed by atoms with Gasteiger partial charge in [-0.25, -0.2) is 14.4 Å². The lowest BCUT2D eigenvalue weighted by Crippen LogP contribution is -2.20. The van der Waals surface area contributed by atoms with E-state index in [1.807, 2.05) is 17.2 Å². The first-order valence-electron chi connectivity index (χ1n) is 9.45. The molecule has 1 aromatic heterocycles. The quantitative estimate of drug-likeness (QED) is 0.340. The smallest absolute Gasteiger partial charge is 0.355 e. The summed E-state index contributed by atoms with van der Waals surface area (Å²) in [6.45, 7) is 9.06. The Balaban J connectivity index is 2.29. The molecule has 0 aromatic carbocycles. The van der Waals surface area contributed by atoms with Gasteiger partial charge in [0.25, 0.3) is 0 Å². The van der Waals surface area contributed by atoms with Crippen LogP contribution < -0.4 is 4.90 Å². The predicted octanol–water partition coefficient (Wildman–Crippen LogP) is 3.33. The first kappa shape index (κ1) is 22.6. The fourth-order valence-electron chi connectivity index (χ4n) is 2.93. The normalized spacial score (nSPS) is 13.5. The summed E-state index contributed by atoms with van der Waals surface area (Å²) in [6, 6.07) is 1.53. The first-order chi connectivity index (χ1) is 13.9. The van der Waals surface area contributed by atoms with Crippen molar-refractivity contribution in [2.75, 3.05) is 31.3 Å². The van der Waals surface area contributed by atoms with Gasteiger partial charge in [0.1, 0.15) is 17.1 Å². The van der Waals surface area contributed by atoms with Gasteiger partial charge in [0.2, 0.25) is 0 Å². The van der Waals surface area contributed by atoms with Crippen LogP contribution in [0.4, 0.5) is 5.82 Å². The average molecular weight is 423 g/mol. The van der Waals surface area contributed by atoms with E-state index < -0.39 is 17.9 Å². The summed E-state index contributed by atoms with van der Waals surface area (Å²) in [5.41, 5.74) is 1.52. The van der Waals surface area contributed by atoms with Crippen molar-refractivity contribution < 1.29 is 28.6 Å². The molecule has 8 nitrogen and oxygen atoms in total. The average Bonchev–Trinajstić information content (AvgIpc) is 3.26. The second-order valence-electron chi connectivity index (χ2n) is 5.96. The molecule has 0 amide bonds. The lowest BCUT2D eigenvalue weighted by Gasteiger charge is -2.19. The molecule has 2 rings (SSSR count). The number of rotatable bonds is 9. The monoisotopic (exact) mass is 422 g/mol. The fraction of sp³-hybridized carbons (Fsp3) is 0.450. The number of nitrogens with zero attached hydrogens (tertiary/aromatic N) is 2. The summed E-state index contributed by atoms with van der Waals surface area (Å²) in [5.74, 6) is -0.749. The molecule has 1 aliphatic rings. The Morgan fingerprint density at radius 1 is 1.03 bits per heavy atom. The molecular formula is C20H26N2O6S. The molecule has 1 aliphatic heterocycles. The van der Waals surface area contributed by atoms with Gasteiger partial charge in [-0.05, 0) is 44.6 Å². The molecule has 1 aromatic rings. The zero-order chi connectivity index (χ0) is 21.4. The van der Waals surface area contributed by atoms with Crippen molar-refractivity contribution >= 4 is 35.5 Å². The maximum atomic E-state index is 12.5. The van der Waals surface area contributed by atoms with E-state index in [-0.39, 0.29) is 13.2 Å². The summed E-state index contributed by atoms with van der Waals surface area (Å²) in [5, 5.41) is 3.49. The molecular weight excluding hydrogens is 396 g/mol. The van der Waals surface area contributed by atoms with Gasteiger partial charge >= 0.3 is 17.9 Å². The van der Waals surface area contributed by atoms with Crippen molar-refractivity contribution in [2.45, 2.75) is 34.2 Å². The van der Waals surface area contributed by atoms with Crippen molar-refractivity contribution in [3.8, 4) is 0 Å². The molecule has 0 radical (unpaired) electrons. The van der Waals surface area contributed by atoms with Crippen molar-refractivity contribution in [2.24, 2.45) is 0 Å². The molecule has 0 fully saturated rings. The minimum absolute atomic E-state index is 0.238. The van der Waals surface area contributed by atoms with Gasteiger partial charge in [-0.2, -0.15) is 0 Å². The third-order valence-electron chi connectivity index (χ3n) is 4.08. The van der Waals surface area contributed by atoms with Crippen LogP contribution >= 0.6 is 11.8 Å². The highest BCUT2D eigenvalue weighted by Crippen LogP contribution is 2.34. The van der Waals surface area contributed by atoms with Gasteiger partial charge < -0.3 is 23.7 Å². The third kappa shape index (κ3) is 5.44. The number of carbonyl (C=O) groups is 3. The number of esters is 3. The van der Waals surface area contributed by atoms with Gasteiger partial charge in [-0.1, -0.05) is 0 Å². The van der Waals surface area contributed by atoms with E-state index in [9.17, 15) is 14.4 Å². The van der Waals surface area contributed by atoms with E-state index in [0.29, 0.717) is 36.8 Å². The second kappa shape index (κ2) is 10.8. The zero-order valence-electron chi connectivity index (χ0n) is 17.1. The summed E-state index contributed by atoms with van der Waals surface area (Å²) in [7, 11) is 0. The number of thioether (sulfide) groups is 1. The molecule has 0 unspecified atom stereocenters. The van der Waals surface area contributed by atoms with E-state index >= 15 is 0 Å². The van der Waals surface area contributed by atoms with Crippen LogP contribution in [0.5, 0.6) is 0 Å². The maximum Gasteiger partial charge on any atom is 0.355 e. The topological polar surface area (TPSA) is 87.1 Å². The molecule has 0 aliphatic carbocycles. The van der Waals surface area contributed by atoms with Crippen molar-refractivity contribution in [3.05, 3.63) is 39.9 Å². The predicted molar refractivity (Wildman–Crippen MR) is 111 cm³/mol. The van der Waals surface area contributed by atoms with Crippen LogP contribution in [0.25, 0.3) is 0 Å². The summed E-state index contributed by atoms with van der Waals surface area (Å²) >= 11 is 1.32. The number of ether oxygens (including phenoxy) is 3. The van der Waals surface area contributed by atoms with Crippen LogP contribution in [0.1, 0.15) is 48.5 Å². The Labute approximate surface area is 174 Å². The highest BCUT2D eigenvalue weighted by Gasteiger charge is 2.33. The van der Waals surface area contributed by atoms with Crippen LogP contribution in [0.2, 0.25) is 0 Å². The maximum absolute atomic E-state index is 12.5. The van der Waals surface area contributed by atoms with E-state index in [2.05, 4.69) is 0 Å². The Morgan fingerprint density at radius 2 is 1.69 bits per heavy atom. The van der Waals surface area contributed by atoms with Crippen LogP contribution in [-0.4, -0.2) is 48.8 Å². The van der Waals surface area contributed by atoms with Crippen LogP contribution in [0, 0.1) is 0 Å². The molecule has 0 N–H and O–H groups in total. The fourth-order valence-corrected chi connectivity index (χ4v) is 3.52. The van der Waals surface area contributed by atoms with Crippen LogP contribution in [-0.2, 0) is 25.5 Å². The van der Waals surface area contributed by atoms with Crippen LogP contribution in [0.15, 0.2) is 28.7 Å². The Bertz CT molecular complexity index is 827. The van der Waals surface area contributed by atoms with Gasteiger partial charge in [0.15, 0.2) is 0 Å². The highest BCUT2D eigenvalue weighted by molar-refractivity contribution is 8.04. The molecule has 0 saturated heterocycles. The van der Waals surface area contributed by atoms with E-state index in [1.165, 1.54) is 23.9 Å². The van der Waals surface area contributed by atoms with Gasteiger partial charge in [0.05, 0.1) is 19.8 Å². The van der Waals surface area contributed by atoms with Crippen molar-refractivity contribution in [1.29, 1.82) is 0 Å². The number of aromatic nitrogens is 1. The largest absolute Gasteiger partial charge is 0.463 e. The van der Waals surface area contributed by atoms with Crippen molar-refractivity contribution in [3.63, 3.8) is 0 Å². The molecule has 158 valence electrons. The Morgan fingerprint density at radius 3 is 2.34 bits per heavy atom. The molecule has 0 bridgehead atoms. The summed E-state index contributed by atoms with van der Waals surface area (Å²) in [4.78, 5) is 38.1. The van der Waals surface area contributed by atoms with Crippen molar-refractivity contribution in [1.82, 2.24) is 4.57 Å². The van der Waals surface area contributed by atoms with E-state index in [0.717, 1.165) is 5.70 Å². The minimum Gasteiger partial charge on any atom is -0.463 e. The molecule has 0 atom stereocenters. The van der Waals surface area contributed by atoms with Crippen LogP contribution in [0.3, 0.4) is 0 Å². The van der Waals surface area contributed by atoms with Gasteiger partial charge in [-0.3, -0.25) is 0 Å². The molecule has 2 heterocycles. The lowest BCUT2D eigenvalue weighted by atomic mass is 10.2. The summed E-state index contributed by atoms with van der Waals surface area (Å²) in [6.07, 6.45) is 1.35. The number of carbonyl (C=O) groups excluding carboxylic acids is 3. The summed E-state index contributed by atoms with van der Waals surface area (Å²) < 4.78 is 16.9. The minimum atomic E-state index is -0.485. The van der Waals surface area contributed by atoms with Gasteiger partial charge in [-0.15, -0.1) is 11.8 Å². The SMILES string of the molecule is CCOC(=O)/C=C\S/C=C(/C)N1CCn2c(C(=O)OCC)cc(C(=O)OCC)c21. The number of anilines is 1. The molecule has 0 spiro atoms. The molecule has 29 heavy (non-hydrogen) atoms. The second-order valence-corrected chi connectivity index (χ2v) is 6.74. The highest BCUT2D eigenvalue weighted by atomic mass is 32.2. The molecule has 9 heteroatoms. The van der Waals surface area contributed by atoms with Gasteiger partial charge in [0, 0.05) is 24.9 Å². The lowest BCUT2D eigenvalue weighted by molar-refractivity contribution is -0.137. The third-order valence-corrected chi connectivity index (χ3v) is 4.86. The number of hydrogen-bond acceptors (Lipinski definition) is 8. The number of allylic oxidation sites excluding steroid dienone is 1. The standard InChI is InChI=1S/C20H26N2O6S/c1-5-26-17(23)8-11-29-13-14(4)21-9-10-22-16(20(25)28-7-3)12-15(18(21)22)19(24)27-6-2/h8,11-13H,5-7,9-10H2,1-4H3/b11-8-,14-13-. The van der Waals surface area contributed by atoms with E-state index in [1.54, 1.807) is 30.7 Å². The molecule has 0 saturated carbocycles. The Kier molecular flexibility index (Phi) is 8.38. The number of fused-ring (bicyclic) bond motifs is 1. The first-order valence-corrected chi connectivity index (χ1v) is 10.4. The zero-order valence-corrected chi connectivity index (χ0v) is 17.9.